The van der Waals surface area contributed by atoms with E-state index in [0.29, 0.717) is 0 Å². The van der Waals surface area contributed by atoms with Crippen LogP contribution >= 0.6 is 0 Å². The molecule has 0 saturated carbocycles. The molecule has 0 amide bonds. The first-order valence-electron chi connectivity index (χ1n) is 6.57. The van der Waals surface area contributed by atoms with Crippen molar-refractivity contribution < 1.29 is 4.42 Å². The second-order valence-electron chi connectivity index (χ2n) is 4.94. The van der Waals surface area contributed by atoms with Gasteiger partial charge in [0.25, 0.3) is 0 Å². The number of hydrogen-bond acceptors (Lipinski definition) is 2. The molecule has 0 aliphatic carbocycles. The van der Waals surface area contributed by atoms with E-state index in [4.69, 9.17) is 10.2 Å². The molecule has 3 rings (SSSR count). The molecule has 2 heteroatoms. The molecule has 2 N–H and O–H groups in total. The van der Waals surface area contributed by atoms with E-state index in [1.54, 1.807) is 0 Å². The molecule has 0 aliphatic rings. The molecule has 0 atom stereocenters. The van der Waals surface area contributed by atoms with Gasteiger partial charge in [0.2, 0.25) is 0 Å². The molecule has 0 bridgehead atoms. The van der Waals surface area contributed by atoms with Crippen molar-refractivity contribution in [2.24, 2.45) is 5.73 Å². The van der Waals surface area contributed by atoms with Gasteiger partial charge in [-0.2, -0.15) is 0 Å². The standard InChI is InChI=1S/C17H17NO/c1-12(18)5-4-6-13-9-10-17-15(11-13)14-7-2-3-8-16(14)19-17/h2-3,7-11H,1,4-6,18H2. The monoisotopic (exact) mass is 251 g/mol. The van der Waals surface area contributed by atoms with Crippen molar-refractivity contribution in [1.82, 2.24) is 0 Å². The average molecular weight is 251 g/mol. The quantitative estimate of drug-likeness (QED) is 0.747. The first kappa shape index (κ1) is 11.8. The Morgan fingerprint density at radius 1 is 1.05 bits per heavy atom. The Labute approximate surface area is 112 Å². The number of allylic oxidation sites excluding steroid dienone is 1. The molecule has 1 aromatic heterocycles. The Morgan fingerprint density at radius 2 is 1.84 bits per heavy atom. The zero-order valence-corrected chi connectivity index (χ0v) is 10.9. The predicted octanol–water partition coefficient (Wildman–Crippen LogP) is 4.38. The maximum absolute atomic E-state index is 5.82. The highest BCUT2D eigenvalue weighted by atomic mass is 16.3. The molecule has 96 valence electrons. The van der Waals surface area contributed by atoms with Crippen LogP contribution in [0.2, 0.25) is 0 Å². The van der Waals surface area contributed by atoms with Gasteiger partial charge < -0.3 is 10.2 Å². The molecule has 0 spiro atoms. The Bertz CT molecular complexity index is 739. The number of benzene rings is 2. The van der Waals surface area contributed by atoms with Gasteiger partial charge in [-0.05, 0) is 43.0 Å². The molecule has 0 aliphatic heterocycles. The summed E-state index contributed by atoms with van der Waals surface area (Å²) in [4.78, 5) is 0. The predicted molar refractivity (Wildman–Crippen MR) is 80.0 cm³/mol. The van der Waals surface area contributed by atoms with Crippen molar-refractivity contribution in [3.63, 3.8) is 0 Å². The molecule has 3 aromatic rings. The first-order chi connectivity index (χ1) is 9.24. The molecule has 2 nitrogen and oxygen atoms in total. The van der Waals surface area contributed by atoms with Gasteiger partial charge in [-0.25, -0.2) is 0 Å². The van der Waals surface area contributed by atoms with Gasteiger partial charge in [-0.3, -0.25) is 0 Å². The minimum Gasteiger partial charge on any atom is -0.456 e. The fraction of sp³-hybridized carbons (Fsp3) is 0.176. The smallest absolute Gasteiger partial charge is 0.135 e. The lowest BCUT2D eigenvalue weighted by Gasteiger charge is -2.01. The van der Waals surface area contributed by atoms with Crippen LogP contribution in [0, 0.1) is 0 Å². The normalized spacial score (nSPS) is 11.2. The van der Waals surface area contributed by atoms with Crippen molar-refractivity contribution in [1.29, 1.82) is 0 Å². The van der Waals surface area contributed by atoms with Crippen LogP contribution in [0.15, 0.2) is 59.2 Å². The number of nitrogens with two attached hydrogens (primary N) is 1. The molecule has 19 heavy (non-hydrogen) atoms. The third-order valence-corrected chi connectivity index (χ3v) is 3.40. The lowest BCUT2D eigenvalue weighted by molar-refractivity contribution is 0.668. The molecular weight excluding hydrogens is 234 g/mol. The Morgan fingerprint density at radius 3 is 2.68 bits per heavy atom. The lowest BCUT2D eigenvalue weighted by atomic mass is 10.0. The zero-order valence-electron chi connectivity index (χ0n) is 10.9. The minimum atomic E-state index is 0.759. The second-order valence-corrected chi connectivity index (χ2v) is 4.94. The highest BCUT2D eigenvalue weighted by molar-refractivity contribution is 6.04. The fourth-order valence-corrected chi connectivity index (χ4v) is 2.45. The lowest BCUT2D eigenvalue weighted by Crippen LogP contribution is -1.95. The molecule has 2 aromatic carbocycles. The van der Waals surface area contributed by atoms with E-state index in [-0.39, 0.29) is 0 Å². The summed E-state index contributed by atoms with van der Waals surface area (Å²) in [5.41, 5.74) is 9.58. The van der Waals surface area contributed by atoms with Gasteiger partial charge in [0.15, 0.2) is 0 Å². The third kappa shape index (κ3) is 2.34. The SMILES string of the molecule is C=C(N)CCCc1ccc2oc3ccccc3c2c1. The highest BCUT2D eigenvalue weighted by Gasteiger charge is 2.06. The average Bonchev–Trinajstić information content (AvgIpc) is 2.76. The number of fused-ring (bicyclic) bond motifs is 3. The summed E-state index contributed by atoms with van der Waals surface area (Å²) in [5, 5.41) is 2.38. The largest absolute Gasteiger partial charge is 0.456 e. The van der Waals surface area contributed by atoms with Crippen LogP contribution in [-0.2, 0) is 6.42 Å². The molecular formula is C17H17NO. The second kappa shape index (κ2) is 4.81. The van der Waals surface area contributed by atoms with Crippen LogP contribution in [0.1, 0.15) is 18.4 Å². The van der Waals surface area contributed by atoms with Gasteiger partial charge in [0.1, 0.15) is 11.2 Å². The summed E-state index contributed by atoms with van der Waals surface area (Å²) in [6.07, 6.45) is 2.94. The van der Waals surface area contributed by atoms with Crippen LogP contribution < -0.4 is 5.73 Å². The van der Waals surface area contributed by atoms with E-state index in [1.165, 1.54) is 16.3 Å². The van der Waals surface area contributed by atoms with Crippen molar-refractivity contribution in [3.8, 4) is 0 Å². The van der Waals surface area contributed by atoms with E-state index in [9.17, 15) is 0 Å². The zero-order chi connectivity index (χ0) is 13.2. The van der Waals surface area contributed by atoms with Crippen LogP contribution in [0.25, 0.3) is 21.9 Å². The van der Waals surface area contributed by atoms with E-state index >= 15 is 0 Å². The van der Waals surface area contributed by atoms with E-state index in [1.807, 2.05) is 18.2 Å². The summed E-state index contributed by atoms with van der Waals surface area (Å²) in [6, 6.07) is 14.6. The number of furan rings is 1. The molecule has 0 radical (unpaired) electrons. The summed E-state index contributed by atoms with van der Waals surface area (Å²) < 4.78 is 5.82. The van der Waals surface area contributed by atoms with E-state index in [0.717, 1.165) is 36.1 Å². The number of para-hydroxylation sites is 1. The van der Waals surface area contributed by atoms with Gasteiger partial charge in [0.05, 0.1) is 0 Å². The van der Waals surface area contributed by atoms with Crippen molar-refractivity contribution in [2.45, 2.75) is 19.3 Å². The topological polar surface area (TPSA) is 39.2 Å². The molecule has 0 saturated heterocycles. The number of hydrogen-bond donors (Lipinski definition) is 1. The Kier molecular flexibility index (Phi) is 3.00. The first-order valence-corrected chi connectivity index (χ1v) is 6.57. The summed E-state index contributed by atoms with van der Waals surface area (Å²) >= 11 is 0. The van der Waals surface area contributed by atoms with Crippen molar-refractivity contribution in [3.05, 3.63) is 60.3 Å². The van der Waals surface area contributed by atoms with Gasteiger partial charge in [0, 0.05) is 16.5 Å². The van der Waals surface area contributed by atoms with Gasteiger partial charge >= 0.3 is 0 Å². The van der Waals surface area contributed by atoms with E-state index in [2.05, 4.69) is 30.8 Å². The van der Waals surface area contributed by atoms with Crippen LogP contribution in [0.4, 0.5) is 0 Å². The van der Waals surface area contributed by atoms with Crippen molar-refractivity contribution >= 4 is 21.9 Å². The number of aryl methyl sites for hydroxylation is 1. The molecule has 0 fully saturated rings. The van der Waals surface area contributed by atoms with Gasteiger partial charge in [-0.1, -0.05) is 30.8 Å². The maximum Gasteiger partial charge on any atom is 0.135 e. The third-order valence-electron chi connectivity index (χ3n) is 3.40. The summed E-state index contributed by atoms with van der Waals surface area (Å²) in [5.74, 6) is 0. The van der Waals surface area contributed by atoms with Crippen LogP contribution in [0.3, 0.4) is 0 Å². The molecule has 0 unspecified atom stereocenters. The minimum absolute atomic E-state index is 0.759. The fourth-order valence-electron chi connectivity index (χ4n) is 2.45. The van der Waals surface area contributed by atoms with Crippen LogP contribution in [-0.4, -0.2) is 0 Å². The van der Waals surface area contributed by atoms with Gasteiger partial charge in [-0.15, -0.1) is 0 Å². The van der Waals surface area contributed by atoms with Crippen LogP contribution in [0.5, 0.6) is 0 Å². The van der Waals surface area contributed by atoms with E-state index < -0.39 is 0 Å². The maximum atomic E-state index is 5.82. The highest BCUT2D eigenvalue weighted by Crippen LogP contribution is 2.29. The number of rotatable bonds is 4. The van der Waals surface area contributed by atoms with Crippen molar-refractivity contribution in [2.75, 3.05) is 0 Å². The summed E-state index contributed by atoms with van der Waals surface area (Å²) in [7, 11) is 0. The Hall–Kier alpha value is -2.22. The molecule has 1 heterocycles. The Balaban J connectivity index is 1.95. The summed E-state index contributed by atoms with van der Waals surface area (Å²) in [6.45, 7) is 3.73.